The molecule has 0 aliphatic heterocycles. The average molecular weight is 341 g/mol. The fourth-order valence-corrected chi connectivity index (χ4v) is 3.19. The summed E-state index contributed by atoms with van der Waals surface area (Å²) in [6, 6.07) is 9.33. The van der Waals surface area contributed by atoms with Crippen molar-refractivity contribution in [2.45, 2.75) is 19.4 Å². The van der Waals surface area contributed by atoms with Crippen LogP contribution in [0, 0.1) is 10.1 Å². The topological polar surface area (TPSA) is 55.2 Å². The summed E-state index contributed by atoms with van der Waals surface area (Å²) in [7, 11) is 0. The molecular formula is C13H13BrN2O2S. The van der Waals surface area contributed by atoms with Gasteiger partial charge >= 0.3 is 0 Å². The minimum Gasteiger partial charge on any atom is -0.377 e. The van der Waals surface area contributed by atoms with E-state index in [4.69, 9.17) is 0 Å². The SMILES string of the molecule is CCC(Nc1ccc([N+](=O)[O-])c(Br)c1)c1cccs1. The van der Waals surface area contributed by atoms with Gasteiger partial charge in [-0.15, -0.1) is 11.3 Å². The molecule has 0 saturated heterocycles. The van der Waals surface area contributed by atoms with Gasteiger partial charge in [-0.3, -0.25) is 10.1 Å². The lowest BCUT2D eigenvalue weighted by Gasteiger charge is -2.17. The van der Waals surface area contributed by atoms with Gasteiger partial charge in [0.2, 0.25) is 0 Å². The molecule has 6 heteroatoms. The molecule has 2 rings (SSSR count). The summed E-state index contributed by atoms with van der Waals surface area (Å²) in [6.45, 7) is 2.11. The molecule has 0 aliphatic carbocycles. The van der Waals surface area contributed by atoms with Gasteiger partial charge in [-0.05, 0) is 45.9 Å². The molecule has 0 fully saturated rings. The van der Waals surface area contributed by atoms with Crippen molar-refractivity contribution in [3.05, 3.63) is 55.2 Å². The highest BCUT2D eigenvalue weighted by Crippen LogP contribution is 2.31. The quantitative estimate of drug-likeness (QED) is 0.616. The standard InChI is InChI=1S/C13H13BrN2O2S/c1-2-11(13-4-3-7-19-13)15-9-5-6-12(16(17)18)10(14)8-9/h3-8,11,15H,2H2,1H3. The smallest absolute Gasteiger partial charge is 0.283 e. The molecule has 100 valence electrons. The molecule has 0 radical (unpaired) electrons. The van der Waals surface area contributed by atoms with E-state index in [-0.39, 0.29) is 11.7 Å². The molecule has 0 aliphatic rings. The van der Waals surface area contributed by atoms with Crippen LogP contribution in [-0.2, 0) is 0 Å². The maximum Gasteiger partial charge on any atom is 0.283 e. The first-order valence-electron chi connectivity index (χ1n) is 5.85. The summed E-state index contributed by atoms with van der Waals surface area (Å²) in [5.74, 6) is 0. The Kier molecular flexibility index (Phi) is 4.55. The first-order chi connectivity index (χ1) is 9.11. The highest BCUT2D eigenvalue weighted by atomic mass is 79.9. The number of anilines is 1. The molecule has 0 saturated carbocycles. The van der Waals surface area contributed by atoms with E-state index in [1.54, 1.807) is 23.5 Å². The molecule has 4 nitrogen and oxygen atoms in total. The number of hydrogen-bond acceptors (Lipinski definition) is 4. The van der Waals surface area contributed by atoms with Crippen molar-refractivity contribution in [1.82, 2.24) is 0 Å². The Bertz CT molecular complexity index is 572. The molecule has 1 atom stereocenters. The van der Waals surface area contributed by atoms with Gasteiger partial charge in [0, 0.05) is 16.6 Å². The van der Waals surface area contributed by atoms with E-state index >= 15 is 0 Å². The number of nitrogens with zero attached hydrogens (tertiary/aromatic N) is 1. The van der Waals surface area contributed by atoms with E-state index in [9.17, 15) is 10.1 Å². The van der Waals surface area contributed by atoms with Crippen LogP contribution >= 0.6 is 27.3 Å². The van der Waals surface area contributed by atoms with Crippen LogP contribution in [0.1, 0.15) is 24.3 Å². The monoisotopic (exact) mass is 340 g/mol. The molecule has 1 heterocycles. The average Bonchev–Trinajstić information content (AvgIpc) is 2.89. The fourth-order valence-electron chi connectivity index (χ4n) is 1.81. The molecular weight excluding hydrogens is 328 g/mol. The van der Waals surface area contributed by atoms with Crippen molar-refractivity contribution in [2.24, 2.45) is 0 Å². The predicted molar refractivity (Wildman–Crippen MR) is 81.8 cm³/mol. The van der Waals surface area contributed by atoms with Crippen LogP contribution in [0.4, 0.5) is 11.4 Å². The Morgan fingerprint density at radius 2 is 2.26 bits per heavy atom. The maximum absolute atomic E-state index is 10.8. The first-order valence-corrected chi connectivity index (χ1v) is 7.53. The van der Waals surface area contributed by atoms with E-state index in [1.807, 2.05) is 11.4 Å². The second-order valence-electron chi connectivity index (χ2n) is 4.04. The highest BCUT2D eigenvalue weighted by molar-refractivity contribution is 9.10. The van der Waals surface area contributed by atoms with Crippen LogP contribution < -0.4 is 5.32 Å². The second kappa shape index (κ2) is 6.16. The Labute approximate surface area is 123 Å². The Morgan fingerprint density at radius 1 is 1.47 bits per heavy atom. The van der Waals surface area contributed by atoms with Gasteiger partial charge in [0.1, 0.15) is 0 Å². The summed E-state index contributed by atoms with van der Waals surface area (Å²) in [5.41, 5.74) is 0.951. The molecule has 2 aromatic rings. The molecule has 0 bridgehead atoms. The number of nitro groups is 1. The number of nitro benzene ring substituents is 1. The third kappa shape index (κ3) is 3.33. The van der Waals surface area contributed by atoms with Crippen molar-refractivity contribution >= 4 is 38.6 Å². The van der Waals surface area contributed by atoms with Gasteiger partial charge < -0.3 is 5.32 Å². The third-order valence-electron chi connectivity index (χ3n) is 2.78. The predicted octanol–water partition coefficient (Wildman–Crippen LogP) is 4.98. The van der Waals surface area contributed by atoms with Crippen LogP contribution in [-0.4, -0.2) is 4.92 Å². The number of benzene rings is 1. The van der Waals surface area contributed by atoms with Gasteiger partial charge in [-0.25, -0.2) is 0 Å². The Balaban J connectivity index is 2.19. The van der Waals surface area contributed by atoms with Crippen LogP contribution in [0.25, 0.3) is 0 Å². The number of nitrogens with one attached hydrogen (secondary N) is 1. The molecule has 1 unspecified atom stereocenters. The zero-order chi connectivity index (χ0) is 13.8. The normalized spacial score (nSPS) is 12.1. The number of rotatable bonds is 5. The summed E-state index contributed by atoms with van der Waals surface area (Å²) < 4.78 is 0.489. The highest BCUT2D eigenvalue weighted by Gasteiger charge is 2.14. The first kappa shape index (κ1) is 14.0. The summed E-state index contributed by atoms with van der Waals surface area (Å²) in [4.78, 5) is 11.6. The number of halogens is 1. The number of hydrogen-bond donors (Lipinski definition) is 1. The summed E-state index contributed by atoms with van der Waals surface area (Å²) in [6.07, 6.45) is 0.953. The minimum absolute atomic E-state index is 0.0784. The lowest BCUT2D eigenvalue weighted by Crippen LogP contribution is -2.08. The van der Waals surface area contributed by atoms with Gasteiger partial charge in [0.05, 0.1) is 15.4 Å². The maximum atomic E-state index is 10.8. The second-order valence-corrected chi connectivity index (χ2v) is 5.88. The van der Waals surface area contributed by atoms with Crippen LogP contribution in [0.3, 0.4) is 0 Å². The zero-order valence-corrected chi connectivity index (χ0v) is 12.7. The van der Waals surface area contributed by atoms with Crippen LogP contribution in [0.15, 0.2) is 40.2 Å². The largest absolute Gasteiger partial charge is 0.377 e. The minimum atomic E-state index is -0.398. The van der Waals surface area contributed by atoms with Crippen LogP contribution in [0.5, 0.6) is 0 Å². The van der Waals surface area contributed by atoms with Crippen molar-refractivity contribution < 1.29 is 4.92 Å². The molecule has 1 N–H and O–H groups in total. The van der Waals surface area contributed by atoms with Crippen molar-refractivity contribution in [3.8, 4) is 0 Å². The van der Waals surface area contributed by atoms with Gasteiger partial charge in [0.25, 0.3) is 5.69 Å². The summed E-state index contributed by atoms with van der Waals surface area (Å²) in [5, 5.41) is 16.2. The van der Waals surface area contributed by atoms with Crippen molar-refractivity contribution in [1.29, 1.82) is 0 Å². The lowest BCUT2D eigenvalue weighted by atomic mass is 10.1. The van der Waals surface area contributed by atoms with E-state index in [2.05, 4.69) is 34.2 Å². The zero-order valence-electron chi connectivity index (χ0n) is 10.3. The van der Waals surface area contributed by atoms with E-state index in [0.717, 1.165) is 12.1 Å². The molecule has 1 aromatic heterocycles. The molecule has 19 heavy (non-hydrogen) atoms. The molecule has 0 spiro atoms. The Morgan fingerprint density at radius 3 is 2.79 bits per heavy atom. The van der Waals surface area contributed by atoms with Crippen molar-refractivity contribution in [3.63, 3.8) is 0 Å². The van der Waals surface area contributed by atoms with Gasteiger partial charge in [-0.2, -0.15) is 0 Å². The summed E-state index contributed by atoms with van der Waals surface area (Å²) >= 11 is 4.93. The van der Waals surface area contributed by atoms with Gasteiger partial charge in [0.15, 0.2) is 0 Å². The van der Waals surface area contributed by atoms with E-state index in [1.165, 1.54) is 10.9 Å². The Hall–Kier alpha value is -1.40. The van der Waals surface area contributed by atoms with Crippen LogP contribution in [0.2, 0.25) is 0 Å². The fraction of sp³-hybridized carbons (Fsp3) is 0.231. The van der Waals surface area contributed by atoms with Crippen molar-refractivity contribution in [2.75, 3.05) is 5.32 Å². The van der Waals surface area contributed by atoms with Gasteiger partial charge in [-0.1, -0.05) is 13.0 Å². The molecule has 0 amide bonds. The third-order valence-corrected chi connectivity index (χ3v) is 4.40. The molecule has 1 aromatic carbocycles. The lowest BCUT2D eigenvalue weighted by molar-refractivity contribution is -0.385. The van der Waals surface area contributed by atoms with E-state index < -0.39 is 4.92 Å². The van der Waals surface area contributed by atoms with E-state index in [0.29, 0.717) is 4.47 Å². The number of thiophene rings is 1.